The Morgan fingerprint density at radius 3 is 1.72 bits per heavy atom. The first-order valence-corrected chi connectivity index (χ1v) is 9.13. The van der Waals surface area contributed by atoms with Gasteiger partial charge in [0.15, 0.2) is 29.8 Å². The van der Waals surface area contributed by atoms with Crippen molar-refractivity contribution in [2.75, 3.05) is 38.1 Å². The monoisotopic (exact) mass is 484 g/mol. The summed E-state index contributed by atoms with van der Waals surface area (Å²) in [7, 11) is 2.90. The highest BCUT2D eigenvalue weighted by Gasteiger charge is 2.30. The Morgan fingerprint density at radius 1 is 0.750 bits per heavy atom. The molecule has 0 spiro atoms. The number of methoxy groups -OCH3 is 2. The lowest BCUT2D eigenvalue weighted by molar-refractivity contribution is -0.153. The Kier molecular flexibility index (Phi) is 8.25. The van der Waals surface area contributed by atoms with Crippen molar-refractivity contribution in [3.05, 3.63) is 36.4 Å². The molecular formula is C19H18F6N2O4S. The molecule has 0 atom stereocenters. The first kappa shape index (κ1) is 25.2. The molecular weight excluding hydrogens is 466 g/mol. The SMILES string of the molecule is COc1ccc(NC(=S)Nc2cc(OCC(F)(F)F)cc(OCC(F)(F)F)c2)cc1OC. The van der Waals surface area contributed by atoms with Crippen molar-refractivity contribution in [3.8, 4) is 23.0 Å². The van der Waals surface area contributed by atoms with Crippen LogP contribution in [0.2, 0.25) is 0 Å². The molecule has 2 aromatic rings. The van der Waals surface area contributed by atoms with Crippen LogP contribution in [0.4, 0.5) is 37.7 Å². The predicted molar refractivity (Wildman–Crippen MR) is 109 cm³/mol. The van der Waals surface area contributed by atoms with E-state index in [4.69, 9.17) is 21.7 Å². The smallest absolute Gasteiger partial charge is 0.422 e. The van der Waals surface area contributed by atoms with Gasteiger partial charge in [-0.2, -0.15) is 26.3 Å². The van der Waals surface area contributed by atoms with Crippen LogP contribution < -0.4 is 29.6 Å². The lowest BCUT2D eigenvalue weighted by Crippen LogP contribution is -2.21. The van der Waals surface area contributed by atoms with E-state index in [0.717, 1.165) is 18.2 Å². The molecule has 0 aliphatic carbocycles. The number of thiocarbonyl (C=S) groups is 1. The van der Waals surface area contributed by atoms with Gasteiger partial charge in [-0.25, -0.2) is 0 Å². The van der Waals surface area contributed by atoms with Crippen molar-refractivity contribution in [1.82, 2.24) is 0 Å². The van der Waals surface area contributed by atoms with Crippen LogP contribution in [0.25, 0.3) is 0 Å². The summed E-state index contributed by atoms with van der Waals surface area (Å²) in [6, 6.07) is 7.99. The minimum absolute atomic E-state index is 0.00744. The van der Waals surface area contributed by atoms with Crippen LogP contribution in [0.15, 0.2) is 36.4 Å². The third kappa shape index (κ3) is 8.57. The number of ether oxygens (including phenoxy) is 4. The highest BCUT2D eigenvalue weighted by molar-refractivity contribution is 7.80. The molecule has 0 aliphatic rings. The van der Waals surface area contributed by atoms with Crippen LogP contribution >= 0.6 is 12.2 Å². The Bertz CT molecular complexity index is 901. The predicted octanol–water partition coefficient (Wildman–Crippen LogP) is 5.39. The fraction of sp³-hybridized carbons (Fsp3) is 0.316. The van der Waals surface area contributed by atoms with E-state index in [2.05, 4.69) is 20.1 Å². The third-order valence-corrected chi connectivity index (χ3v) is 3.79. The molecule has 0 amide bonds. The van der Waals surface area contributed by atoms with E-state index in [0.29, 0.717) is 17.2 Å². The second kappa shape index (κ2) is 10.5. The zero-order valence-electron chi connectivity index (χ0n) is 16.7. The third-order valence-electron chi connectivity index (χ3n) is 3.58. The Balaban J connectivity index is 2.17. The molecule has 0 saturated carbocycles. The van der Waals surface area contributed by atoms with Gasteiger partial charge in [0.05, 0.1) is 14.2 Å². The van der Waals surface area contributed by atoms with Crippen molar-refractivity contribution < 1.29 is 45.3 Å². The van der Waals surface area contributed by atoms with E-state index in [9.17, 15) is 26.3 Å². The van der Waals surface area contributed by atoms with Crippen LogP contribution in [0.3, 0.4) is 0 Å². The minimum atomic E-state index is -4.64. The maximum absolute atomic E-state index is 12.4. The molecule has 0 fully saturated rings. The quantitative estimate of drug-likeness (QED) is 0.385. The van der Waals surface area contributed by atoms with Crippen LogP contribution in [0.5, 0.6) is 23.0 Å². The average Bonchev–Trinajstić information content (AvgIpc) is 2.69. The van der Waals surface area contributed by atoms with Crippen LogP contribution in [0.1, 0.15) is 0 Å². The standard InChI is InChI=1S/C19H18F6N2O4S/c1-28-15-4-3-11(7-16(15)29-2)26-17(32)27-12-5-13(30-9-18(20,21)22)8-14(6-12)31-10-19(23,24)25/h3-8H,9-10H2,1-2H3,(H2,26,27,32). The molecule has 0 unspecified atom stereocenters. The van der Waals surface area contributed by atoms with E-state index < -0.39 is 25.6 Å². The van der Waals surface area contributed by atoms with Gasteiger partial charge in [0.1, 0.15) is 11.5 Å². The molecule has 2 rings (SSSR count). The molecule has 0 aromatic heterocycles. The van der Waals surface area contributed by atoms with Crippen LogP contribution in [0, 0.1) is 0 Å². The molecule has 176 valence electrons. The molecule has 13 heteroatoms. The molecule has 0 bridgehead atoms. The molecule has 0 aliphatic heterocycles. The second-order valence-corrected chi connectivity index (χ2v) is 6.56. The Morgan fingerprint density at radius 2 is 1.25 bits per heavy atom. The van der Waals surface area contributed by atoms with Gasteiger partial charge in [-0.15, -0.1) is 0 Å². The number of nitrogens with one attached hydrogen (secondary N) is 2. The number of anilines is 2. The normalized spacial score (nSPS) is 11.5. The maximum atomic E-state index is 12.4. The number of halogens is 6. The lowest BCUT2D eigenvalue weighted by Gasteiger charge is -2.16. The zero-order chi connectivity index (χ0) is 23.9. The van der Waals surface area contributed by atoms with E-state index >= 15 is 0 Å². The van der Waals surface area contributed by atoms with Crippen molar-refractivity contribution in [1.29, 1.82) is 0 Å². The van der Waals surface area contributed by atoms with Gasteiger partial charge in [-0.05, 0) is 24.4 Å². The summed E-state index contributed by atoms with van der Waals surface area (Å²) in [5.41, 5.74) is 0.526. The van der Waals surface area contributed by atoms with E-state index in [-0.39, 0.29) is 22.3 Å². The summed E-state index contributed by atoms with van der Waals surface area (Å²) in [6.07, 6.45) is -9.28. The first-order valence-electron chi connectivity index (χ1n) is 8.73. The van der Waals surface area contributed by atoms with E-state index in [1.807, 2.05) is 0 Å². The van der Waals surface area contributed by atoms with E-state index in [1.165, 1.54) is 14.2 Å². The van der Waals surface area contributed by atoms with Gasteiger partial charge >= 0.3 is 12.4 Å². The van der Waals surface area contributed by atoms with Gasteiger partial charge in [-0.1, -0.05) is 0 Å². The van der Waals surface area contributed by atoms with Gasteiger partial charge in [-0.3, -0.25) is 0 Å². The fourth-order valence-corrected chi connectivity index (χ4v) is 2.58. The van der Waals surface area contributed by atoms with Gasteiger partial charge in [0.2, 0.25) is 0 Å². The molecule has 0 radical (unpaired) electrons. The van der Waals surface area contributed by atoms with Gasteiger partial charge < -0.3 is 29.6 Å². The molecule has 6 nitrogen and oxygen atoms in total. The summed E-state index contributed by atoms with van der Waals surface area (Å²) in [5.74, 6) is 0.153. The topological polar surface area (TPSA) is 61.0 Å². The average molecular weight is 484 g/mol. The molecule has 0 saturated heterocycles. The fourth-order valence-electron chi connectivity index (χ4n) is 2.35. The van der Waals surface area contributed by atoms with Crippen LogP contribution in [-0.4, -0.2) is 44.9 Å². The number of hydrogen-bond donors (Lipinski definition) is 2. The highest BCUT2D eigenvalue weighted by Crippen LogP contribution is 2.31. The highest BCUT2D eigenvalue weighted by atomic mass is 32.1. The van der Waals surface area contributed by atoms with Crippen LogP contribution in [-0.2, 0) is 0 Å². The summed E-state index contributed by atoms with van der Waals surface area (Å²) < 4.78 is 94.2. The second-order valence-electron chi connectivity index (χ2n) is 6.15. The van der Waals surface area contributed by atoms with Crippen molar-refractivity contribution in [3.63, 3.8) is 0 Å². The summed E-state index contributed by atoms with van der Waals surface area (Å²) in [4.78, 5) is 0. The summed E-state index contributed by atoms with van der Waals surface area (Å²) in [6.45, 7) is -3.27. The summed E-state index contributed by atoms with van der Waals surface area (Å²) >= 11 is 5.16. The maximum Gasteiger partial charge on any atom is 0.422 e. The van der Waals surface area contributed by atoms with Crippen molar-refractivity contribution in [2.45, 2.75) is 12.4 Å². The minimum Gasteiger partial charge on any atom is -0.493 e. The largest absolute Gasteiger partial charge is 0.493 e. The van der Waals surface area contributed by atoms with Gasteiger partial charge in [0.25, 0.3) is 0 Å². The lowest BCUT2D eigenvalue weighted by atomic mass is 10.2. The number of hydrogen-bond acceptors (Lipinski definition) is 5. The first-order chi connectivity index (χ1) is 14.9. The van der Waals surface area contributed by atoms with E-state index in [1.54, 1.807) is 18.2 Å². The number of benzene rings is 2. The molecule has 0 heterocycles. The number of rotatable bonds is 8. The molecule has 2 N–H and O–H groups in total. The number of alkyl halides is 6. The van der Waals surface area contributed by atoms with Gasteiger partial charge in [0, 0.05) is 35.6 Å². The Hall–Kier alpha value is -3.09. The zero-order valence-corrected chi connectivity index (χ0v) is 17.5. The van der Waals surface area contributed by atoms with Crippen molar-refractivity contribution in [2.24, 2.45) is 0 Å². The summed E-state index contributed by atoms with van der Waals surface area (Å²) in [5, 5.41) is 5.46. The molecule has 32 heavy (non-hydrogen) atoms. The van der Waals surface area contributed by atoms with Crippen molar-refractivity contribution >= 4 is 28.7 Å². The Labute approximate surface area is 184 Å². The molecule has 2 aromatic carbocycles.